The molecule has 1 aromatic heterocycles. The molecule has 1 N–H and O–H groups in total. The molecule has 0 atom stereocenters. The van der Waals surface area contributed by atoms with E-state index in [0.29, 0.717) is 31.1 Å². The SMILES string of the molecule is COc1ccccc1OCCNC(=O)Cc1csc(C)n1. The van der Waals surface area contributed by atoms with Crippen LogP contribution in [0.3, 0.4) is 0 Å². The Balaban J connectivity index is 1.71. The maximum Gasteiger partial charge on any atom is 0.226 e. The van der Waals surface area contributed by atoms with Gasteiger partial charge in [0.25, 0.3) is 0 Å². The maximum atomic E-state index is 11.7. The highest BCUT2D eigenvalue weighted by Crippen LogP contribution is 2.25. The van der Waals surface area contributed by atoms with Crippen LogP contribution >= 0.6 is 11.3 Å². The monoisotopic (exact) mass is 306 g/mol. The van der Waals surface area contributed by atoms with Crippen LogP contribution in [-0.4, -0.2) is 31.2 Å². The van der Waals surface area contributed by atoms with Crippen molar-refractivity contribution < 1.29 is 14.3 Å². The number of ether oxygens (including phenoxy) is 2. The lowest BCUT2D eigenvalue weighted by Crippen LogP contribution is -2.29. The van der Waals surface area contributed by atoms with E-state index in [1.165, 1.54) is 0 Å². The number of nitrogens with zero attached hydrogens (tertiary/aromatic N) is 1. The number of carbonyl (C=O) groups is 1. The van der Waals surface area contributed by atoms with E-state index in [4.69, 9.17) is 9.47 Å². The first-order valence-corrected chi connectivity index (χ1v) is 7.50. The van der Waals surface area contributed by atoms with Crippen molar-refractivity contribution in [3.05, 3.63) is 40.3 Å². The fraction of sp³-hybridized carbons (Fsp3) is 0.333. The quantitative estimate of drug-likeness (QED) is 0.797. The van der Waals surface area contributed by atoms with E-state index in [0.717, 1.165) is 10.7 Å². The number of aromatic nitrogens is 1. The third kappa shape index (κ3) is 4.75. The van der Waals surface area contributed by atoms with Gasteiger partial charge in [-0.15, -0.1) is 11.3 Å². The van der Waals surface area contributed by atoms with Crippen molar-refractivity contribution in [2.45, 2.75) is 13.3 Å². The normalized spacial score (nSPS) is 10.2. The van der Waals surface area contributed by atoms with Gasteiger partial charge in [0.2, 0.25) is 5.91 Å². The Kier molecular flexibility index (Phi) is 5.57. The van der Waals surface area contributed by atoms with Gasteiger partial charge in [0.1, 0.15) is 6.61 Å². The van der Waals surface area contributed by atoms with E-state index in [1.807, 2.05) is 36.6 Å². The Bertz CT molecular complexity index is 598. The lowest BCUT2D eigenvalue weighted by atomic mass is 10.3. The van der Waals surface area contributed by atoms with Gasteiger partial charge in [0.05, 0.1) is 30.8 Å². The van der Waals surface area contributed by atoms with Crippen LogP contribution in [0.2, 0.25) is 0 Å². The zero-order valence-corrected chi connectivity index (χ0v) is 12.9. The predicted octanol–water partition coefficient (Wildman–Crippen LogP) is 2.20. The molecule has 0 bridgehead atoms. The Morgan fingerprint density at radius 2 is 2.10 bits per heavy atom. The molecular weight excluding hydrogens is 288 g/mol. The Hall–Kier alpha value is -2.08. The molecule has 0 radical (unpaired) electrons. The number of aryl methyl sites for hydroxylation is 1. The van der Waals surface area contributed by atoms with E-state index < -0.39 is 0 Å². The van der Waals surface area contributed by atoms with Crippen LogP contribution in [0.5, 0.6) is 11.5 Å². The average molecular weight is 306 g/mol. The van der Waals surface area contributed by atoms with Gasteiger partial charge in [-0.3, -0.25) is 4.79 Å². The summed E-state index contributed by atoms with van der Waals surface area (Å²) in [5.41, 5.74) is 0.806. The topological polar surface area (TPSA) is 60.5 Å². The summed E-state index contributed by atoms with van der Waals surface area (Å²) in [4.78, 5) is 16.0. The second-order valence-electron chi connectivity index (χ2n) is 4.38. The molecule has 1 heterocycles. The molecule has 21 heavy (non-hydrogen) atoms. The van der Waals surface area contributed by atoms with Crippen molar-refractivity contribution in [1.82, 2.24) is 10.3 Å². The summed E-state index contributed by atoms with van der Waals surface area (Å²) < 4.78 is 10.8. The number of amides is 1. The molecule has 2 rings (SSSR count). The zero-order chi connectivity index (χ0) is 15.1. The van der Waals surface area contributed by atoms with Gasteiger partial charge >= 0.3 is 0 Å². The Morgan fingerprint density at radius 1 is 1.33 bits per heavy atom. The zero-order valence-electron chi connectivity index (χ0n) is 12.1. The van der Waals surface area contributed by atoms with Gasteiger partial charge in [-0.1, -0.05) is 12.1 Å². The molecular formula is C15H18N2O3S. The van der Waals surface area contributed by atoms with Crippen molar-refractivity contribution in [3.8, 4) is 11.5 Å². The number of carbonyl (C=O) groups excluding carboxylic acids is 1. The summed E-state index contributed by atoms with van der Waals surface area (Å²) in [5.74, 6) is 1.30. The summed E-state index contributed by atoms with van der Waals surface area (Å²) in [6.45, 7) is 2.76. The smallest absolute Gasteiger partial charge is 0.226 e. The third-order valence-corrected chi connectivity index (χ3v) is 3.58. The minimum absolute atomic E-state index is 0.0519. The second kappa shape index (κ2) is 7.64. The molecule has 0 saturated carbocycles. The fourth-order valence-corrected chi connectivity index (χ4v) is 2.42. The van der Waals surface area contributed by atoms with Crippen molar-refractivity contribution in [1.29, 1.82) is 0 Å². The standard InChI is InChI=1S/C15H18N2O3S/c1-11-17-12(10-21-11)9-15(18)16-7-8-20-14-6-4-3-5-13(14)19-2/h3-6,10H,7-9H2,1-2H3,(H,16,18). The van der Waals surface area contributed by atoms with Crippen LogP contribution in [-0.2, 0) is 11.2 Å². The van der Waals surface area contributed by atoms with Crippen molar-refractivity contribution in [2.24, 2.45) is 0 Å². The van der Waals surface area contributed by atoms with Gasteiger partial charge < -0.3 is 14.8 Å². The minimum Gasteiger partial charge on any atom is -0.493 e. The summed E-state index contributed by atoms with van der Waals surface area (Å²) in [5, 5.41) is 5.68. The van der Waals surface area contributed by atoms with Gasteiger partial charge in [-0.25, -0.2) is 4.98 Å². The molecule has 0 aliphatic rings. The number of para-hydroxylation sites is 2. The van der Waals surface area contributed by atoms with E-state index in [-0.39, 0.29) is 5.91 Å². The molecule has 0 unspecified atom stereocenters. The minimum atomic E-state index is -0.0519. The number of methoxy groups -OCH3 is 1. The molecule has 0 spiro atoms. The number of rotatable bonds is 7. The summed E-state index contributed by atoms with van der Waals surface area (Å²) in [7, 11) is 1.60. The summed E-state index contributed by atoms with van der Waals surface area (Å²) in [6, 6.07) is 7.42. The van der Waals surface area contributed by atoms with Crippen molar-refractivity contribution in [3.63, 3.8) is 0 Å². The van der Waals surface area contributed by atoms with Crippen molar-refractivity contribution >= 4 is 17.2 Å². The van der Waals surface area contributed by atoms with E-state index >= 15 is 0 Å². The fourth-order valence-electron chi connectivity index (χ4n) is 1.81. The first-order chi connectivity index (χ1) is 10.2. The number of benzene rings is 1. The molecule has 112 valence electrons. The molecule has 0 aliphatic carbocycles. The van der Waals surface area contributed by atoms with E-state index in [2.05, 4.69) is 10.3 Å². The van der Waals surface area contributed by atoms with Crippen molar-refractivity contribution in [2.75, 3.05) is 20.3 Å². The van der Waals surface area contributed by atoms with Crippen LogP contribution in [0, 0.1) is 6.92 Å². The predicted molar refractivity (Wildman–Crippen MR) is 82.1 cm³/mol. The Labute approximate surface area is 127 Å². The first kappa shape index (κ1) is 15.3. The molecule has 0 aliphatic heterocycles. The number of hydrogen-bond acceptors (Lipinski definition) is 5. The highest BCUT2D eigenvalue weighted by atomic mass is 32.1. The number of nitrogens with one attached hydrogen (secondary N) is 1. The number of hydrogen-bond donors (Lipinski definition) is 1. The van der Waals surface area contributed by atoms with Gasteiger partial charge in [0, 0.05) is 5.38 Å². The van der Waals surface area contributed by atoms with Crippen LogP contribution in [0.15, 0.2) is 29.6 Å². The lowest BCUT2D eigenvalue weighted by molar-refractivity contribution is -0.120. The molecule has 5 nitrogen and oxygen atoms in total. The average Bonchev–Trinajstić information content (AvgIpc) is 2.89. The highest BCUT2D eigenvalue weighted by molar-refractivity contribution is 7.09. The van der Waals surface area contributed by atoms with Gasteiger partial charge in [0.15, 0.2) is 11.5 Å². The molecule has 6 heteroatoms. The van der Waals surface area contributed by atoms with Gasteiger partial charge in [-0.05, 0) is 19.1 Å². The maximum absolute atomic E-state index is 11.7. The van der Waals surface area contributed by atoms with Crippen LogP contribution < -0.4 is 14.8 Å². The first-order valence-electron chi connectivity index (χ1n) is 6.62. The van der Waals surface area contributed by atoms with Gasteiger partial charge in [-0.2, -0.15) is 0 Å². The molecule has 2 aromatic rings. The molecule has 0 fully saturated rings. The lowest BCUT2D eigenvalue weighted by Gasteiger charge is -2.10. The number of thiazole rings is 1. The van der Waals surface area contributed by atoms with E-state index in [9.17, 15) is 4.79 Å². The largest absolute Gasteiger partial charge is 0.493 e. The second-order valence-corrected chi connectivity index (χ2v) is 5.45. The van der Waals surface area contributed by atoms with Crippen LogP contribution in [0.4, 0.5) is 0 Å². The van der Waals surface area contributed by atoms with Crippen LogP contribution in [0.25, 0.3) is 0 Å². The van der Waals surface area contributed by atoms with Crippen LogP contribution in [0.1, 0.15) is 10.7 Å². The molecule has 0 saturated heterocycles. The summed E-state index contributed by atoms with van der Waals surface area (Å²) >= 11 is 1.55. The van der Waals surface area contributed by atoms with E-state index in [1.54, 1.807) is 18.4 Å². The highest BCUT2D eigenvalue weighted by Gasteiger charge is 2.06. The Morgan fingerprint density at radius 3 is 2.76 bits per heavy atom. The molecule has 1 amide bonds. The summed E-state index contributed by atoms with van der Waals surface area (Å²) in [6.07, 6.45) is 0.305. The molecule has 1 aromatic carbocycles. The third-order valence-electron chi connectivity index (χ3n) is 2.76.